The second-order valence-corrected chi connectivity index (χ2v) is 6.53. The van der Waals surface area contributed by atoms with Crippen molar-refractivity contribution in [2.45, 2.75) is 0 Å². The van der Waals surface area contributed by atoms with E-state index in [1.54, 1.807) is 34.1 Å². The number of carbonyl (C=O) groups excluding carboxylic acids is 2. The summed E-state index contributed by atoms with van der Waals surface area (Å²) in [6.45, 7) is 1.39. The quantitative estimate of drug-likeness (QED) is 0.796. The first kappa shape index (κ1) is 17.7. The average Bonchev–Trinajstić information content (AvgIpc) is 2.61. The molecule has 1 fully saturated rings. The number of benzene rings is 2. The maximum atomic E-state index is 13.8. The van der Waals surface area contributed by atoms with E-state index in [-0.39, 0.29) is 17.4 Å². The Morgan fingerprint density at radius 3 is 1.96 bits per heavy atom. The van der Waals surface area contributed by atoms with Gasteiger partial charge in [0.05, 0.1) is 16.1 Å². The minimum atomic E-state index is -0.543. The zero-order chi connectivity index (χ0) is 18.0. The van der Waals surface area contributed by atoms with Gasteiger partial charge in [-0.1, -0.05) is 35.3 Å². The van der Waals surface area contributed by atoms with Crippen LogP contribution in [0.2, 0.25) is 10.0 Å². The predicted octanol–water partition coefficient (Wildman–Crippen LogP) is 3.73. The van der Waals surface area contributed by atoms with Crippen molar-refractivity contribution in [3.8, 4) is 0 Å². The summed E-state index contributed by atoms with van der Waals surface area (Å²) in [5.74, 6) is -1.12. The fraction of sp³-hybridized carbons (Fsp3) is 0.222. The van der Waals surface area contributed by atoms with Crippen LogP contribution in [0.3, 0.4) is 0 Å². The number of rotatable bonds is 2. The Bertz CT molecular complexity index is 820. The van der Waals surface area contributed by atoms with E-state index in [1.165, 1.54) is 18.2 Å². The van der Waals surface area contributed by atoms with Gasteiger partial charge in [-0.05, 0) is 30.3 Å². The average molecular weight is 381 g/mol. The summed E-state index contributed by atoms with van der Waals surface area (Å²) >= 11 is 11.9. The summed E-state index contributed by atoms with van der Waals surface area (Å²) in [5, 5.41) is 0.754. The van der Waals surface area contributed by atoms with Gasteiger partial charge in [0.1, 0.15) is 5.82 Å². The molecule has 1 aliphatic heterocycles. The lowest BCUT2D eigenvalue weighted by Gasteiger charge is -2.35. The fourth-order valence-electron chi connectivity index (χ4n) is 2.75. The van der Waals surface area contributed by atoms with Gasteiger partial charge in [-0.3, -0.25) is 9.59 Å². The van der Waals surface area contributed by atoms with Crippen LogP contribution in [-0.2, 0) is 0 Å². The maximum Gasteiger partial charge on any atom is 0.256 e. The Labute approximate surface area is 154 Å². The number of amides is 2. The van der Waals surface area contributed by atoms with Gasteiger partial charge in [-0.15, -0.1) is 0 Å². The van der Waals surface area contributed by atoms with Crippen molar-refractivity contribution >= 4 is 35.0 Å². The summed E-state index contributed by atoms with van der Waals surface area (Å²) in [6, 6.07) is 10.6. The third-order valence-corrected chi connectivity index (χ3v) is 4.67. The maximum absolute atomic E-state index is 13.8. The third kappa shape index (κ3) is 3.78. The van der Waals surface area contributed by atoms with Gasteiger partial charge in [0, 0.05) is 31.2 Å². The van der Waals surface area contributed by atoms with E-state index in [4.69, 9.17) is 23.2 Å². The fourth-order valence-corrected chi connectivity index (χ4v) is 3.24. The van der Waals surface area contributed by atoms with Crippen LogP contribution in [0.1, 0.15) is 20.7 Å². The molecule has 7 heteroatoms. The van der Waals surface area contributed by atoms with Gasteiger partial charge in [-0.2, -0.15) is 0 Å². The summed E-state index contributed by atoms with van der Waals surface area (Å²) in [7, 11) is 0. The summed E-state index contributed by atoms with van der Waals surface area (Å²) in [5.41, 5.74) is 0.419. The number of nitrogens with zero attached hydrogens (tertiary/aromatic N) is 2. The van der Waals surface area contributed by atoms with Crippen molar-refractivity contribution in [1.82, 2.24) is 9.80 Å². The predicted molar refractivity (Wildman–Crippen MR) is 94.7 cm³/mol. The van der Waals surface area contributed by atoms with Crippen LogP contribution in [0.4, 0.5) is 4.39 Å². The normalized spacial score (nSPS) is 14.5. The number of halogens is 3. The zero-order valence-electron chi connectivity index (χ0n) is 13.2. The topological polar surface area (TPSA) is 40.6 Å². The van der Waals surface area contributed by atoms with Crippen LogP contribution < -0.4 is 0 Å². The highest BCUT2D eigenvalue weighted by atomic mass is 35.5. The summed E-state index contributed by atoms with van der Waals surface area (Å²) < 4.78 is 13.8. The first-order chi connectivity index (χ1) is 12.0. The molecule has 2 aromatic carbocycles. The molecule has 1 aliphatic rings. The molecule has 3 rings (SSSR count). The Hall–Kier alpha value is -2.11. The van der Waals surface area contributed by atoms with Crippen molar-refractivity contribution in [2.75, 3.05) is 26.2 Å². The van der Waals surface area contributed by atoms with Crippen LogP contribution in [0.15, 0.2) is 42.5 Å². The number of carbonyl (C=O) groups is 2. The molecular formula is C18H15Cl2FN2O2. The molecule has 4 nitrogen and oxygen atoms in total. The third-order valence-electron chi connectivity index (χ3n) is 4.12. The number of hydrogen-bond donors (Lipinski definition) is 0. The molecule has 0 unspecified atom stereocenters. The Morgan fingerprint density at radius 2 is 1.40 bits per heavy atom. The highest BCUT2D eigenvalue weighted by Crippen LogP contribution is 2.23. The van der Waals surface area contributed by atoms with Crippen LogP contribution in [-0.4, -0.2) is 47.8 Å². The molecule has 0 atom stereocenters. The minimum absolute atomic E-state index is 0.0445. The van der Waals surface area contributed by atoms with Crippen LogP contribution in [0.25, 0.3) is 0 Å². The standard InChI is InChI=1S/C18H15Cl2FN2O2/c19-12-5-6-13(15(20)11-12)17(24)22-7-9-23(10-8-22)18(25)14-3-1-2-4-16(14)21/h1-6,11H,7-10H2. The summed E-state index contributed by atoms with van der Waals surface area (Å²) in [4.78, 5) is 28.1. The van der Waals surface area contributed by atoms with Gasteiger partial charge in [0.25, 0.3) is 11.8 Å². The monoisotopic (exact) mass is 380 g/mol. The molecule has 0 aromatic heterocycles. The molecule has 1 heterocycles. The van der Waals surface area contributed by atoms with Crippen LogP contribution in [0.5, 0.6) is 0 Å². The molecule has 0 spiro atoms. The first-order valence-corrected chi connectivity index (χ1v) is 8.51. The molecule has 130 valence electrons. The molecular weight excluding hydrogens is 366 g/mol. The van der Waals surface area contributed by atoms with Gasteiger partial charge < -0.3 is 9.80 Å². The lowest BCUT2D eigenvalue weighted by Crippen LogP contribution is -2.50. The molecule has 1 saturated heterocycles. The smallest absolute Gasteiger partial charge is 0.256 e. The van der Waals surface area contributed by atoms with Crippen molar-refractivity contribution in [1.29, 1.82) is 0 Å². The van der Waals surface area contributed by atoms with E-state index in [0.717, 1.165) is 0 Å². The van der Waals surface area contributed by atoms with Crippen molar-refractivity contribution < 1.29 is 14.0 Å². The van der Waals surface area contributed by atoms with Gasteiger partial charge in [0.15, 0.2) is 0 Å². The highest BCUT2D eigenvalue weighted by Gasteiger charge is 2.27. The zero-order valence-corrected chi connectivity index (χ0v) is 14.7. The molecule has 0 N–H and O–H groups in total. The van der Waals surface area contributed by atoms with E-state index in [1.807, 2.05) is 0 Å². The van der Waals surface area contributed by atoms with E-state index in [9.17, 15) is 14.0 Å². The lowest BCUT2D eigenvalue weighted by molar-refractivity contribution is 0.0533. The number of piperazine rings is 1. The second kappa shape index (κ2) is 7.42. The van der Waals surface area contributed by atoms with Gasteiger partial charge in [0.2, 0.25) is 0 Å². The number of hydrogen-bond acceptors (Lipinski definition) is 2. The Morgan fingerprint density at radius 1 is 0.840 bits per heavy atom. The minimum Gasteiger partial charge on any atom is -0.335 e. The second-order valence-electron chi connectivity index (χ2n) is 5.69. The van der Waals surface area contributed by atoms with Crippen molar-refractivity contribution in [2.24, 2.45) is 0 Å². The van der Waals surface area contributed by atoms with E-state index >= 15 is 0 Å². The van der Waals surface area contributed by atoms with E-state index in [2.05, 4.69) is 0 Å². The SMILES string of the molecule is O=C(c1ccccc1F)N1CCN(C(=O)c2ccc(Cl)cc2Cl)CC1. The molecule has 25 heavy (non-hydrogen) atoms. The Kier molecular flexibility index (Phi) is 5.25. The van der Waals surface area contributed by atoms with Gasteiger partial charge >= 0.3 is 0 Å². The molecule has 0 bridgehead atoms. The molecule has 2 amide bonds. The molecule has 0 aliphatic carbocycles. The van der Waals surface area contributed by atoms with Gasteiger partial charge in [-0.25, -0.2) is 4.39 Å². The van der Waals surface area contributed by atoms with E-state index < -0.39 is 5.82 Å². The highest BCUT2D eigenvalue weighted by molar-refractivity contribution is 6.36. The van der Waals surface area contributed by atoms with E-state index in [0.29, 0.717) is 41.8 Å². The summed E-state index contributed by atoms with van der Waals surface area (Å²) in [6.07, 6.45) is 0. The molecule has 0 saturated carbocycles. The largest absolute Gasteiger partial charge is 0.335 e. The van der Waals surface area contributed by atoms with Crippen LogP contribution >= 0.6 is 23.2 Å². The van der Waals surface area contributed by atoms with Crippen molar-refractivity contribution in [3.05, 3.63) is 69.5 Å². The molecule has 2 aromatic rings. The van der Waals surface area contributed by atoms with Crippen molar-refractivity contribution in [3.63, 3.8) is 0 Å². The molecule has 0 radical (unpaired) electrons. The van der Waals surface area contributed by atoms with Crippen LogP contribution in [0, 0.1) is 5.82 Å². The lowest BCUT2D eigenvalue weighted by atomic mass is 10.1. The Balaban J connectivity index is 1.66. The first-order valence-electron chi connectivity index (χ1n) is 7.75.